The van der Waals surface area contributed by atoms with E-state index in [9.17, 15) is 9.59 Å². The monoisotopic (exact) mass is 312 g/mol. The summed E-state index contributed by atoms with van der Waals surface area (Å²) in [6.45, 7) is 4.22. The first kappa shape index (κ1) is 16.5. The molecule has 0 unspecified atom stereocenters. The Morgan fingerprint density at radius 2 is 1.74 bits per heavy atom. The van der Waals surface area contributed by atoms with Gasteiger partial charge in [0.05, 0.1) is 13.0 Å². The summed E-state index contributed by atoms with van der Waals surface area (Å²) in [6.07, 6.45) is 0.155. The number of amides is 2. The Labute approximate surface area is 135 Å². The van der Waals surface area contributed by atoms with Crippen molar-refractivity contribution in [1.29, 1.82) is 0 Å². The maximum absolute atomic E-state index is 11.8. The number of hydrazine groups is 1. The standard InChI is InChI=1S/C18H20N2O3/c1-13-8-9-16(14(2)12-13)23-11-10-17(21)19-20-18(22)15-6-4-3-5-7-15/h3-9,12H,10-11H2,1-2H3,(H,19,21)(H,20,22). The summed E-state index contributed by atoms with van der Waals surface area (Å²) >= 11 is 0. The molecule has 0 saturated heterocycles. The van der Waals surface area contributed by atoms with Crippen LogP contribution in [0.1, 0.15) is 27.9 Å². The lowest BCUT2D eigenvalue weighted by Crippen LogP contribution is -2.42. The summed E-state index contributed by atoms with van der Waals surface area (Å²) in [5.41, 5.74) is 7.42. The van der Waals surface area contributed by atoms with Crippen LogP contribution in [-0.4, -0.2) is 18.4 Å². The van der Waals surface area contributed by atoms with E-state index in [0.29, 0.717) is 5.56 Å². The highest BCUT2D eigenvalue weighted by Crippen LogP contribution is 2.18. The summed E-state index contributed by atoms with van der Waals surface area (Å²) in [7, 11) is 0. The molecule has 120 valence electrons. The first-order chi connectivity index (χ1) is 11.1. The minimum absolute atomic E-state index is 0.155. The number of ether oxygens (including phenoxy) is 1. The smallest absolute Gasteiger partial charge is 0.269 e. The van der Waals surface area contributed by atoms with E-state index >= 15 is 0 Å². The first-order valence-corrected chi connectivity index (χ1v) is 7.40. The number of hydrogen-bond donors (Lipinski definition) is 2. The third kappa shape index (κ3) is 5.14. The van der Waals surface area contributed by atoms with E-state index in [1.807, 2.05) is 38.1 Å². The molecule has 23 heavy (non-hydrogen) atoms. The molecule has 0 spiro atoms. The summed E-state index contributed by atoms with van der Waals surface area (Å²) < 4.78 is 5.58. The van der Waals surface area contributed by atoms with Gasteiger partial charge in [-0.05, 0) is 37.6 Å². The summed E-state index contributed by atoms with van der Waals surface area (Å²) in [6, 6.07) is 14.6. The number of nitrogens with one attached hydrogen (secondary N) is 2. The van der Waals surface area contributed by atoms with Crippen LogP contribution in [0.2, 0.25) is 0 Å². The van der Waals surface area contributed by atoms with Crippen molar-refractivity contribution < 1.29 is 14.3 Å². The van der Waals surface area contributed by atoms with Gasteiger partial charge in [0.25, 0.3) is 5.91 Å². The Morgan fingerprint density at radius 3 is 2.43 bits per heavy atom. The van der Waals surface area contributed by atoms with Crippen LogP contribution in [0.25, 0.3) is 0 Å². The molecule has 0 aromatic heterocycles. The van der Waals surface area contributed by atoms with Gasteiger partial charge in [-0.1, -0.05) is 35.9 Å². The number of hydrogen-bond acceptors (Lipinski definition) is 3. The number of carbonyl (C=O) groups is 2. The van der Waals surface area contributed by atoms with Crippen molar-refractivity contribution in [3.8, 4) is 5.75 Å². The van der Waals surface area contributed by atoms with E-state index in [2.05, 4.69) is 10.9 Å². The maximum atomic E-state index is 11.8. The lowest BCUT2D eigenvalue weighted by Gasteiger charge is -2.10. The summed E-state index contributed by atoms with van der Waals surface area (Å²) in [4.78, 5) is 23.5. The molecule has 0 bridgehead atoms. The molecular weight excluding hydrogens is 292 g/mol. The van der Waals surface area contributed by atoms with Gasteiger partial charge in [-0.15, -0.1) is 0 Å². The van der Waals surface area contributed by atoms with E-state index in [4.69, 9.17) is 4.74 Å². The summed E-state index contributed by atoms with van der Waals surface area (Å²) in [5, 5.41) is 0. The summed E-state index contributed by atoms with van der Waals surface area (Å²) in [5.74, 6) is 0.102. The maximum Gasteiger partial charge on any atom is 0.269 e. The van der Waals surface area contributed by atoms with E-state index < -0.39 is 0 Å². The fraction of sp³-hybridized carbons (Fsp3) is 0.222. The Balaban J connectivity index is 1.72. The van der Waals surface area contributed by atoms with Gasteiger partial charge >= 0.3 is 0 Å². The largest absolute Gasteiger partial charge is 0.493 e. The van der Waals surface area contributed by atoms with Crippen molar-refractivity contribution in [2.75, 3.05) is 6.61 Å². The fourth-order valence-corrected chi connectivity index (χ4v) is 2.07. The zero-order chi connectivity index (χ0) is 16.7. The molecule has 0 atom stereocenters. The number of carbonyl (C=O) groups excluding carboxylic acids is 2. The van der Waals surface area contributed by atoms with Gasteiger partial charge in [-0.2, -0.15) is 0 Å². The molecule has 0 fully saturated rings. The molecule has 0 saturated carbocycles. The highest BCUT2D eigenvalue weighted by atomic mass is 16.5. The lowest BCUT2D eigenvalue weighted by molar-refractivity contribution is -0.122. The van der Waals surface area contributed by atoms with Crippen LogP contribution in [-0.2, 0) is 4.79 Å². The van der Waals surface area contributed by atoms with E-state index in [-0.39, 0.29) is 24.8 Å². The van der Waals surface area contributed by atoms with Gasteiger partial charge < -0.3 is 4.74 Å². The van der Waals surface area contributed by atoms with Gasteiger partial charge in [0.15, 0.2) is 0 Å². The van der Waals surface area contributed by atoms with Crippen molar-refractivity contribution in [3.63, 3.8) is 0 Å². The Bertz CT molecular complexity index is 684. The zero-order valence-corrected chi connectivity index (χ0v) is 13.3. The molecule has 2 N–H and O–H groups in total. The molecule has 0 aliphatic rings. The zero-order valence-electron chi connectivity index (χ0n) is 13.3. The van der Waals surface area contributed by atoms with Crippen LogP contribution in [0, 0.1) is 13.8 Å². The quantitative estimate of drug-likeness (QED) is 0.834. The van der Waals surface area contributed by atoms with Crippen LogP contribution >= 0.6 is 0 Å². The average molecular weight is 312 g/mol. The minimum Gasteiger partial charge on any atom is -0.493 e. The molecule has 0 heterocycles. The molecule has 0 aliphatic carbocycles. The molecule has 2 aromatic rings. The lowest BCUT2D eigenvalue weighted by atomic mass is 10.1. The van der Waals surface area contributed by atoms with Gasteiger partial charge in [0.2, 0.25) is 5.91 Å². The van der Waals surface area contributed by atoms with Crippen molar-refractivity contribution in [2.45, 2.75) is 20.3 Å². The third-order valence-corrected chi connectivity index (χ3v) is 3.27. The predicted molar refractivity (Wildman–Crippen MR) is 88.1 cm³/mol. The van der Waals surface area contributed by atoms with Crippen LogP contribution in [0.4, 0.5) is 0 Å². The van der Waals surface area contributed by atoms with Crippen molar-refractivity contribution >= 4 is 11.8 Å². The molecule has 2 rings (SSSR count). The van der Waals surface area contributed by atoms with Crippen molar-refractivity contribution in [2.24, 2.45) is 0 Å². The number of aryl methyl sites for hydroxylation is 2. The van der Waals surface area contributed by atoms with Crippen LogP contribution < -0.4 is 15.6 Å². The Morgan fingerprint density at radius 1 is 1.00 bits per heavy atom. The second-order valence-corrected chi connectivity index (χ2v) is 5.24. The fourth-order valence-electron chi connectivity index (χ4n) is 2.07. The second kappa shape index (κ2) is 7.98. The topological polar surface area (TPSA) is 67.4 Å². The molecule has 5 nitrogen and oxygen atoms in total. The normalized spacial score (nSPS) is 10.0. The van der Waals surface area contributed by atoms with E-state index in [1.54, 1.807) is 24.3 Å². The molecule has 5 heteroatoms. The van der Waals surface area contributed by atoms with Crippen LogP contribution in [0.3, 0.4) is 0 Å². The Kier molecular flexibility index (Phi) is 5.74. The molecular formula is C18H20N2O3. The van der Waals surface area contributed by atoms with Crippen molar-refractivity contribution in [3.05, 3.63) is 65.2 Å². The molecule has 0 radical (unpaired) electrons. The van der Waals surface area contributed by atoms with Crippen molar-refractivity contribution in [1.82, 2.24) is 10.9 Å². The molecule has 2 amide bonds. The molecule has 2 aromatic carbocycles. The van der Waals surface area contributed by atoms with E-state index in [0.717, 1.165) is 16.9 Å². The van der Waals surface area contributed by atoms with E-state index in [1.165, 1.54) is 0 Å². The van der Waals surface area contributed by atoms with Gasteiger partial charge in [0.1, 0.15) is 5.75 Å². The van der Waals surface area contributed by atoms with Gasteiger partial charge in [-0.3, -0.25) is 20.4 Å². The second-order valence-electron chi connectivity index (χ2n) is 5.24. The minimum atomic E-state index is -0.353. The van der Waals surface area contributed by atoms with Gasteiger partial charge in [0, 0.05) is 5.56 Å². The average Bonchev–Trinajstić information content (AvgIpc) is 2.55. The van der Waals surface area contributed by atoms with Gasteiger partial charge in [-0.25, -0.2) is 0 Å². The SMILES string of the molecule is Cc1ccc(OCCC(=O)NNC(=O)c2ccccc2)c(C)c1. The number of benzene rings is 2. The highest BCUT2D eigenvalue weighted by Gasteiger charge is 2.07. The Hall–Kier alpha value is -2.82. The third-order valence-electron chi connectivity index (χ3n) is 3.27. The van der Waals surface area contributed by atoms with Crippen LogP contribution in [0.5, 0.6) is 5.75 Å². The predicted octanol–water partition coefficient (Wildman–Crippen LogP) is 2.53. The number of rotatable bonds is 5. The van der Waals surface area contributed by atoms with Crippen LogP contribution in [0.15, 0.2) is 48.5 Å². The first-order valence-electron chi connectivity index (χ1n) is 7.40. The highest BCUT2D eigenvalue weighted by molar-refractivity contribution is 5.95. The molecule has 0 aliphatic heterocycles.